The highest BCUT2D eigenvalue weighted by atomic mass is 16.8. The molecule has 2 fully saturated rings. The largest absolute Gasteiger partial charge is 0.514 e. The van der Waals surface area contributed by atoms with E-state index in [0.29, 0.717) is 0 Å². The molecule has 5 heteroatoms. The van der Waals surface area contributed by atoms with Gasteiger partial charge in [-0.2, -0.15) is 5.26 Å². The molecule has 0 aromatic rings. The molecule has 0 aliphatic carbocycles. The van der Waals surface area contributed by atoms with Gasteiger partial charge in [0.25, 0.3) is 0 Å². The van der Waals surface area contributed by atoms with Crippen LogP contribution in [0.15, 0.2) is 11.8 Å². The summed E-state index contributed by atoms with van der Waals surface area (Å²) in [4.78, 5) is 0. The minimum atomic E-state index is -0.666. The maximum atomic E-state index is 9.03. The van der Waals surface area contributed by atoms with Gasteiger partial charge in [0.15, 0.2) is 5.79 Å². The van der Waals surface area contributed by atoms with Crippen LogP contribution in [0.3, 0.4) is 0 Å². The summed E-state index contributed by atoms with van der Waals surface area (Å²) in [6.45, 7) is 5.67. The van der Waals surface area contributed by atoms with Crippen molar-refractivity contribution in [3.63, 3.8) is 0 Å². The van der Waals surface area contributed by atoms with Crippen molar-refractivity contribution >= 4 is 0 Å². The quantitative estimate of drug-likeness (QED) is 0.586. The molecule has 1 unspecified atom stereocenters. The highest BCUT2D eigenvalue weighted by Gasteiger charge is 2.55. The highest BCUT2D eigenvalue weighted by Crippen LogP contribution is 2.41. The van der Waals surface area contributed by atoms with Crippen LogP contribution < -0.4 is 0 Å². The molecule has 2 aliphatic rings. The molecule has 0 bridgehead atoms. The third kappa shape index (κ3) is 2.04. The Balaban J connectivity index is 2.25. The van der Waals surface area contributed by atoms with Crippen molar-refractivity contribution in [1.82, 2.24) is 0 Å². The molecule has 0 radical (unpaired) electrons. The van der Waals surface area contributed by atoms with Gasteiger partial charge < -0.3 is 19.3 Å². The smallest absolute Gasteiger partial charge is 0.164 e. The van der Waals surface area contributed by atoms with Gasteiger partial charge in [0.2, 0.25) is 0 Å². The van der Waals surface area contributed by atoms with Crippen LogP contribution >= 0.6 is 0 Å². The van der Waals surface area contributed by atoms with Crippen molar-refractivity contribution in [3.8, 4) is 6.07 Å². The van der Waals surface area contributed by atoms with Crippen molar-refractivity contribution < 1.29 is 19.3 Å². The number of hydrogen-bond acceptors (Lipinski definition) is 5. The Bertz CT molecular complexity index is 371. The van der Waals surface area contributed by atoms with Gasteiger partial charge in [0.05, 0.1) is 17.9 Å². The lowest BCUT2D eigenvalue weighted by Crippen LogP contribution is -2.30. The lowest BCUT2D eigenvalue weighted by Gasteiger charge is -2.23. The second-order valence-electron chi connectivity index (χ2n) is 4.76. The molecule has 2 rings (SSSR count). The summed E-state index contributed by atoms with van der Waals surface area (Å²) in [6.07, 6.45) is 0.420. The first kappa shape index (κ1) is 12.4. The fourth-order valence-corrected chi connectivity index (χ4v) is 2.43. The van der Waals surface area contributed by atoms with Gasteiger partial charge in [-0.1, -0.05) is 6.92 Å². The average molecular weight is 239 g/mol. The van der Waals surface area contributed by atoms with Gasteiger partial charge in [0.1, 0.15) is 24.4 Å². The molecule has 2 saturated heterocycles. The summed E-state index contributed by atoms with van der Waals surface area (Å²) in [6, 6.07) is 1.93. The first-order chi connectivity index (χ1) is 8.02. The van der Waals surface area contributed by atoms with Gasteiger partial charge >= 0.3 is 0 Å². The van der Waals surface area contributed by atoms with Crippen LogP contribution in [-0.2, 0) is 14.2 Å². The van der Waals surface area contributed by atoms with E-state index < -0.39 is 11.9 Å². The third-order valence-corrected chi connectivity index (χ3v) is 3.13. The number of aliphatic hydroxyl groups excluding tert-OH is 1. The van der Waals surface area contributed by atoms with E-state index in [0.717, 1.165) is 12.7 Å². The second-order valence-corrected chi connectivity index (χ2v) is 4.76. The molecular formula is C12H17NO4. The number of nitriles is 1. The highest BCUT2D eigenvalue weighted by molar-refractivity contribution is 5.27. The van der Waals surface area contributed by atoms with Gasteiger partial charge in [0, 0.05) is 0 Å². The molecule has 94 valence electrons. The van der Waals surface area contributed by atoms with Gasteiger partial charge in [-0.25, -0.2) is 0 Å². The molecule has 5 nitrogen and oxygen atoms in total. The molecule has 0 amide bonds. The summed E-state index contributed by atoms with van der Waals surface area (Å²) >= 11 is 0. The normalized spacial score (nSPS) is 40.0. The van der Waals surface area contributed by atoms with Crippen LogP contribution in [0.4, 0.5) is 0 Å². The molecule has 0 aromatic heterocycles. The zero-order chi connectivity index (χ0) is 12.6. The molecule has 0 spiro atoms. The number of hydrogen-bond donors (Lipinski definition) is 1. The molecule has 2 aliphatic heterocycles. The third-order valence-electron chi connectivity index (χ3n) is 3.13. The van der Waals surface area contributed by atoms with Gasteiger partial charge in [-0.15, -0.1) is 0 Å². The van der Waals surface area contributed by atoms with Crippen LogP contribution in [0.25, 0.3) is 0 Å². The van der Waals surface area contributed by atoms with Crippen LogP contribution in [0.1, 0.15) is 27.2 Å². The van der Waals surface area contributed by atoms with Crippen molar-refractivity contribution in [3.05, 3.63) is 11.8 Å². The van der Waals surface area contributed by atoms with E-state index in [1.54, 1.807) is 0 Å². The summed E-state index contributed by atoms with van der Waals surface area (Å²) < 4.78 is 17.2. The van der Waals surface area contributed by atoms with Crippen molar-refractivity contribution in [2.75, 3.05) is 0 Å². The predicted molar refractivity (Wildman–Crippen MR) is 59.1 cm³/mol. The van der Waals surface area contributed by atoms with Gasteiger partial charge in [-0.3, -0.25) is 0 Å². The van der Waals surface area contributed by atoms with Gasteiger partial charge in [-0.05, 0) is 20.3 Å². The topological polar surface area (TPSA) is 71.7 Å². The lowest BCUT2D eigenvalue weighted by atomic mass is 10.0. The zero-order valence-electron chi connectivity index (χ0n) is 10.2. The summed E-state index contributed by atoms with van der Waals surface area (Å²) in [5, 5.41) is 18.0. The van der Waals surface area contributed by atoms with E-state index >= 15 is 0 Å². The Morgan fingerprint density at radius 2 is 2.06 bits per heavy atom. The van der Waals surface area contributed by atoms with Crippen LogP contribution in [-0.4, -0.2) is 35.3 Å². The molecule has 0 saturated carbocycles. The Labute approximate surface area is 101 Å². The predicted octanol–water partition coefficient (Wildman–Crippen LogP) is 1.65. The van der Waals surface area contributed by atoms with Crippen molar-refractivity contribution in [2.24, 2.45) is 0 Å². The Hall–Kier alpha value is -1.09. The molecule has 0 aromatic carbocycles. The molecule has 17 heavy (non-hydrogen) atoms. The minimum Gasteiger partial charge on any atom is -0.514 e. The van der Waals surface area contributed by atoms with Crippen LogP contribution in [0, 0.1) is 11.3 Å². The van der Waals surface area contributed by atoms with E-state index in [-0.39, 0.29) is 23.9 Å². The van der Waals surface area contributed by atoms with E-state index in [1.165, 1.54) is 0 Å². The summed E-state index contributed by atoms with van der Waals surface area (Å²) in [5.41, 5.74) is 0.178. The molecule has 2 heterocycles. The van der Waals surface area contributed by atoms with Crippen LogP contribution in [0.2, 0.25) is 0 Å². The Kier molecular flexibility index (Phi) is 3.13. The maximum Gasteiger partial charge on any atom is 0.164 e. The first-order valence-corrected chi connectivity index (χ1v) is 5.78. The standard InChI is InChI=1S/C12H17NO4/c1-4-8-10-11(17-12(2,3)16-10)9(15-8)7(5-13)6-14/h6,8-11,14H,4H2,1-3H3/t8-,9?,10-,11+/m1/s1. The fraction of sp³-hybridized carbons (Fsp3) is 0.750. The van der Waals surface area contributed by atoms with E-state index in [1.807, 2.05) is 26.8 Å². The monoisotopic (exact) mass is 239 g/mol. The lowest BCUT2D eigenvalue weighted by molar-refractivity contribution is -0.183. The summed E-state index contributed by atoms with van der Waals surface area (Å²) in [5.74, 6) is -0.666. The number of nitrogens with zero attached hydrogens (tertiary/aromatic N) is 1. The van der Waals surface area contributed by atoms with E-state index in [2.05, 4.69) is 0 Å². The number of rotatable bonds is 2. The number of aliphatic hydroxyl groups is 1. The maximum absolute atomic E-state index is 9.03. The Morgan fingerprint density at radius 3 is 2.59 bits per heavy atom. The van der Waals surface area contributed by atoms with E-state index in [4.69, 9.17) is 24.6 Å². The van der Waals surface area contributed by atoms with Crippen molar-refractivity contribution in [1.29, 1.82) is 5.26 Å². The minimum absolute atomic E-state index is 0.102. The van der Waals surface area contributed by atoms with Crippen LogP contribution in [0.5, 0.6) is 0 Å². The first-order valence-electron chi connectivity index (χ1n) is 5.78. The van der Waals surface area contributed by atoms with Crippen molar-refractivity contribution in [2.45, 2.75) is 57.4 Å². The number of ether oxygens (including phenoxy) is 3. The molecule has 4 atom stereocenters. The average Bonchev–Trinajstić information content (AvgIpc) is 2.75. The SMILES string of the molecule is CC[C@H]1OC(C(C#N)=CO)[C@@H]2OC(C)(C)O[C@H]12. The fourth-order valence-electron chi connectivity index (χ4n) is 2.43. The molecule has 1 N–H and O–H groups in total. The molecular weight excluding hydrogens is 222 g/mol. The zero-order valence-corrected chi connectivity index (χ0v) is 10.2. The van der Waals surface area contributed by atoms with E-state index in [9.17, 15) is 0 Å². The summed E-state index contributed by atoms with van der Waals surface area (Å²) in [7, 11) is 0. The number of fused-ring (bicyclic) bond motifs is 1. The Morgan fingerprint density at radius 1 is 1.41 bits per heavy atom. The second kappa shape index (κ2) is 4.30.